The molecule has 0 amide bonds. The lowest BCUT2D eigenvalue weighted by atomic mass is 9.67. The third-order valence-corrected chi connectivity index (χ3v) is 5.34. The Balaban J connectivity index is 2.16. The van der Waals surface area contributed by atoms with E-state index in [0.29, 0.717) is 17.6 Å². The van der Waals surface area contributed by atoms with Gasteiger partial charge in [-0.3, -0.25) is 4.79 Å². The Kier molecular flexibility index (Phi) is 2.82. The molecule has 0 aromatic rings. The predicted octanol–water partition coefficient (Wildman–Crippen LogP) is 4.68. The minimum absolute atomic E-state index is 0.216. The van der Waals surface area contributed by atoms with Crippen molar-refractivity contribution in [1.82, 2.24) is 0 Å². The maximum absolute atomic E-state index is 12.1. The normalized spacial score (nSPS) is 30.7. The third kappa shape index (κ3) is 1.85. The Hall–Kier alpha value is -0.850. The summed E-state index contributed by atoms with van der Waals surface area (Å²) in [5.41, 5.74) is 6.52. The highest BCUT2D eigenvalue weighted by molar-refractivity contribution is 5.93. The average Bonchev–Trinajstić information content (AvgIpc) is 2.57. The van der Waals surface area contributed by atoms with Crippen LogP contribution in [0.3, 0.4) is 0 Å². The van der Waals surface area contributed by atoms with E-state index in [-0.39, 0.29) is 11.3 Å². The molecule has 0 aromatic carbocycles. The lowest BCUT2D eigenvalue weighted by Gasteiger charge is -2.36. The molecule has 0 N–H and O–H groups in total. The molecule has 2 fully saturated rings. The zero-order valence-corrected chi connectivity index (χ0v) is 13.0. The maximum atomic E-state index is 12.1. The highest BCUT2D eigenvalue weighted by atomic mass is 16.1. The Labute approximate surface area is 117 Å². The maximum Gasteiger partial charge on any atom is 0.140 e. The molecule has 0 spiro atoms. The van der Waals surface area contributed by atoms with Crippen LogP contribution in [0, 0.1) is 23.2 Å². The molecule has 1 nitrogen and oxygen atoms in total. The predicted molar refractivity (Wildman–Crippen MR) is 78.8 cm³/mol. The minimum Gasteiger partial charge on any atom is -0.299 e. The topological polar surface area (TPSA) is 17.1 Å². The van der Waals surface area contributed by atoms with Gasteiger partial charge >= 0.3 is 0 Å². The van der Waals surface area contributed by atoms with Gasteiger partial charge in [-0.2, -0.15) is 0 Å². The number of hydrogen-bond donors (Lipinski definition) is 0. The molecule has 19 heavy (non-hydrogen) atoms. The van der Waals surface area contributed by atoms with Crippen LogP contribution in [0.5, 0.6) is 0 Å². The number of Topliss-reactive ketones (excluding diaryl/α,β-unsaturated/α-hetero) is 1. The van der Waals surface area contributed by atoms with E-state index in [4.69, 9.17) is 0 Å². The Bertz CT molecular complexity index is 496. The van der Waals surface area contributed by atoms with Gasteiger partial charge in [0.05, 0.1) is 0 Å². The van der Waals surface area contributed by atoms with Crippen molar-refractivity contribution in [2.24, 2.45) is 23.2 Å². The largest absolute Gasteiger partial charge is 0.299 e. The van der Waals surface area contributed by atoms with Crippen molar-refractivity contribution < 1.29 is 4.79 Å². The van der Waals surface area contributed by atoms with Gasteiger partial charge in [0.1, 0.15) is 5.78 Å². The number of hydrogen-bond acceptors (Lipinski definition) is 1. The second kappa shape index (κ2) is 4.07. The van der Waals surface area contributed by atoms with Gasteiger partial charge in [0.2, 0.25) is 0 Å². The molecule has 1 heteroatoms. The Morgan fingerprint density at radius 3 is 2.32 bits per heavy atom. The number of ketones is 1. The van der Waals surface area contributed by atoms with Gasteiger partial charge in [0.15, 0.2) is 0 Å². The molecule has 3 aliphatic rings. The van der Waals surface area contributed by atoms with Crippen LogP contribution in [-0.2, 0) is 4.79 Å². The molecule has 3 rings (SSSR count). The molecular formula is C18H26O. The van der Waals surface area contributed by atoms with Crippen LogP contribution in [0.1, 0.15) is 60.3 Å². The van der Waals surface area contributed by atoms with E-state index in [0.717, 1.165) is 6.42 Å². The van der Waals surface area contributed by atoms with Gasteiger partial charge in [-0.1, -0.05) is 45.8 Å². The van der Waals surface area contributed by atoms with Crippen LogP contribution in [0.15, 0.2) is 22.3 Å². The van der Waals surface area contributed by atoms with Crippen molar-refractivity contribution in [1.29, 1.82) is 0 Å². The number of allylic oxidation sites excluding steroid dienone is 4. The van der Waals surface area contributed by atoms with Gasteiger partial charge in [-0.05, 0) is 47.7 Å². The van der Waals surface area contributed by atoms with Gasteiger partial charge < -0.3 is 0 Å². The third-order valence-electron chi connectivity index (χ3n) is 5.34. The second-order valence-electron chi connectivity index (χ2n) is 7.91. The van der Waals surface area contributed by atoms with Crippen molar-refractivity contribution in [2.75, 3.05) is 0 Å². The minimum atomic E-state index is 0.216. The summed E-state index contributed by atoms with van der Waals surface area (Å²) in [5, 5.41) is 0. The molecule has 2 saturated carbocycles. The van der Waals surface area contributed by atoms with E-state index in [1.165, 1.54) is 24.8 Å². The first-order chi connectivity index (χ1) is 8.80. The van der Waals surface area contributed by atoms with E-state index in [2.05, 4.69) is 34.6 Å². The van der Waals surface area contributed by atoms with Crippen LogP contribution in [0.2, 0.25) is 0 Å². The quantitative estimate of drug-likeness (QED) is 0.667. The summed E-state index contributed by atoms with van der Waals surface area (Å²) in [4.78, 5) is 12.1. The zero-order chi connectivity index (χ0) is 13.9. The lowest BCUT2D eigenvalue weighted by molar-refractivity contribution is -0.130. The monoisotopic (exact) mass is 258 g/mol. The van der Waals surface area contributed by atoms with E-state index >= 15 is 0 Å². The molecule has 0 saturated heterocycles. The van der Waals surface area contributed by atoms with Gasteiger partial charge in [-0.15, -0.1) is 0 Å². The van der Waals surface area contributed by atoms with Gasteiger partial charge in [-0.25, -0.2) is 0 Å². The number of rotatable bonds is 1. The summed E-state index contributed by atoms with van der Waals surface area (Å²) in [6.07, 6.45) is 4.41. The SMILES string of the molecule is CC(C)C1=C2CC3CC(=O)C3C2=C(C(C)(C)C)CC1. The second-order valence-corrected chi connectivity index (χ2v) is 7.91. The van der Waals surface area contributed by atoms with E-state index in [1.54, 1.807) is 16.7 Å². The standard InChI is InChI=1S/C18H26O/c1-10(2)12-6-7-14(18(3,4)5)17-13(12)8-11-9-15(19)16(11)17/h10-11,16H,6-9H2,1-5H3. The first-order valence-corrected chi connectivity index (χ1v) is 7.79. The molecule has 0 radical (unpaired) electrons. The van der Waals surface area contributed by atoms with Crippen LogP contribution in [0.25, 0.3) is 0 Å². The van der Waals surface area contributed by atoms with Crippen LogP contribution in [-0.4, -0.2) is 5.78 Å². The molecule has 0 heterocycles. The summed E-state index contributed by atoms with van der Waals surface area (Å²) in [7, 11) is 0. The Morgan fingerprint density at radius 1 is 1.11 bits per heavy atom. The first kappa shape index (κ1) is 13.1. The summed E-state index contributed by atoms with van der Waals surface area (Å²) < 4.78 is 0. The first-order valence-electron chi connectivity index (χ1n) is 7.79. The fraction of sp³-hybridized carbons (Fsp3) is 0.722. The molecule has 0 aliphatic heterocycles. The number of carbonyl (C=O) groups excluding carboxylic acids is 1. The fourth-order valence-corrected chi connectivity index (χ4v) is 4.39. The van der Waals surface area contributed by atoms with Crippen molar-refractivity contribution in [2.45, 2.75) is 60.3 Å². The van der Waals surface area contributed by atoms with E-state index in [9.17, 15) is 4.79 Å². The molecule has 2 atom stereocenters. The van der Waals surface area contributed by atoms with Crippen molar-refractivity contribution in [3.63, 3.8) is 0 Å². The highest BCUT2D eigenvalue weighted by Crippen LogP contribution is 2.57. The highest BCUT2D eigenvalue weighted by Gasteiger charge is 2.51. The summed E-state index contributed by atoms with van der Waals surface area (Å²) >= 11 is 0. The summed E-state index contributed by atoms with van der Waals surface area (Å²) in [6.45, 7) is 11.5. The summed E-state index contributed by atoms with van der Waals surface area (Å²) in [6, 6.07) is 0. The fourth-order valence-electron chi connectivity index (χ4n) is 4.39. The lowest BCUT2D eigenvalue weighted by Crippen LogP contribution is -2.35. The van der Waals surface area contributed by atoms with Crippen molar-refractivity contribution in [3.8, 4) is 0 Å². The van der Waals surface area contributed by atoms with Crippen LogP contribution < -0.4 is 0 Å². The van der Waals surface area contributed by atoms with Crippen molar-refractivity contribution in [3.05, 3.63) is 22.3 Å². The molecule has 3 aliphatic carbocycles. The van der Waals surface area contributed by atoms with Crippen molar-refractivity contribution >= 4 is 5.78 Å². The Morgan fingerprint density at radius 2 is 1.79 bits per heavy atom. The van der Waals surface area contributed by atoms with E-state index < -0.39 is 0 Å². The van der Waals surface area contributed by atoms with Gasteiger partial charge in [0.25, 0.3) is 0 Å². The van der Waals surface area contributed by atoms with Gasteiger partial charge in [0, 0.05) is 12.3 Å². The average molecular weight is 258 g/mol. The molecule has 104 valence electrons. The summed E-state index contributed by atoms with van der Waals surface area (Å²) in [5.74, 6) is 2.06. The molecule has 2 unspecified atom stereocenters. The smallest absolute Gasteiger partial charge is 0.140 e. The van der Waals surface area contributed by atoms with Crippen LogP contribution in [0.4, 0.5) is 0 Å². The van der Waals surface area contributed by atoms with Crippen LogP contribution >= 0.6 is 0 Å². The molecule has 0 bridgehead atoms. The number of fused-ring (bicyclic) bond motifs is 3. The zero-order valence-electron chi connectivity index (χ0n) is 13.0. The number of carbonyl (C=O) groups is 1. The van der Waals surface area contributed by atoms with E-state index in [1.807, 2.05) is 0 Å². The molecular weight excluding hydrogens is 232 g/mol. The molecule has 0 aromatic heterocycles.